The lowest BCUT2D eigenvalue weighted by molar-refractivity contribution is 0.0237. The van der Waals surface area contributed by atoms with Crippen molar-refractivity contribution in [1.29, 1.82) is 0 Å². The lowest BCUT2D eigenvalue weighted by Gasteiger charge is -2.22. The number of hydrogen-bond acceptors (Lipinski definition) is 4. The quantitative estimate of drug-likeness (QED) is 0.785. The average molecular weight is 292 g/mol. The first kappa shape index (κ1) is 15.8. The topological polar surface area (TPSA) is 60.5 Å². The minimum Gasteiger partial charge on any atom is -0.474 e. The Balaban J connectivity index is 1.79. The zero-order chi connectivity index (χ0) is 14.9. The third kappa shape index (κ3) is 5.34. The summed E-state index contributed by atoms with van der Waals surface area (Å²) in [6.45, 7) is 4.34. The fraction of sp³-hybridized carbons (Fsp3) is 0.625. The van der Waals surface area contributed by atoms with Crippen LogP contribution in [-0.2, 0) is 4.74 Å². The number of amides is 1. The van der Waals surface area contributed by atoms with Crippen LogP contribution in [0.3, 0.4) is 0 Å². The summed E-state index contributed by atoms with van der Waals surface area (Å²) in [5.74, 6) is 0.501. The summed E-state index contributed by atoms with van der Waals surface area (Å²) in [6.07, 6.45) is 6.82. The number of unbranched alkanes of at least 4 members (excludes halogenated alkanes) is 2. The lowest BCUT2D eigenvalue weighted by Crippen LogP contribution is -2.26. The molecule has 1 aromatic rings. The number of ether oxygens (including phenoxy) is 2. The number of aromatic nitrogens is 1. The smallest absolute Gasteiger partial charge is 0.252 e. The first-order chi connectivity index (χ1) is 10.3. The lowest BCUT2D eigenvalue weighted by atomic mass is 10.1. The van der Waals surface area contributed by atoms with E-state index in [4.69, 9.17) is 9.47 Å². The summed E-state index contributed by atoms with van der Waals surface area (Å²) >= 11 is 0. The summed E-state index contributed by atoms with van der Waals surface area (Å²) < 4.78 is 11.1. The number of nitrogens with one attached hydrogen (secondary N) is 1. The molecular weight excluding hydrogens is 268 g/mol. The van der Waals surface area contributed by atoms with Crippen LogP contribution in [0.4, 0.5) is 0 Å². The molecule has 0 atom stereocenters. The van der Waals surface area contributed by atoms with Gasteiger partial charge in [-0.25, -0.2) is 4.98 Å². The highest BCUT2D eigenvalue weighted by atomic mass is 16.5. The minimum atomic E-state index is -0.0729. The van der Waals surface area contributed by atoms with Gasteiger partial charge in [-0.3, -0.25) is 4.79 Å². The van der Waals surface area contributed by atoms with Gasteiger partial charge in [0.25, 0.3) is 5.91 Å². The summed E-state index contributed by atoms with van der Waals surface area (Å²) in [4.78, 5) is 16.1. The maximum Gasteiger partial charge on any atom is 0.252 e. The van der Waals surface area contributed by atoms with Crippen LogP contribution < -0.4 is 10.1 Å². The molecule has 1 aliphatic heterocycles. The minimum absolute atomic E-state index is 0.0729. The van der Waals surface area contributed by atoms with E-state index in [1.54, 1.807) is 18.3 Å². The van der Waals surface area contributed by atoms with Crippen LogP contribution in [0.25, 0.3) is 0 Å². The van der Waals surface area contributed by atoms with Gasteiger partial charge >= 0.3 is 0 Å². The average Bonchev–Trinajstić information content (AvgIpc) is 2.53. The van der Waals surface area contributed by atoms with Crippen molar-refractivity contribution >= 4 is 5.91 Å². The first-order valence-electron chi connectivity index (χ1n) is 7.78. The van der Waals surface area contributed by atoms with Crippen LogP contribution in [0.5, 0.6) is 5.88 Å². The van der Waals surface area contributed by atoms with Gasteiger partial charge in [-0.1, -0.05) is 19.8 Å². The Bertz CT molecular complexity index is 428. The summed E-state index contributed by atoms with van der Waals surface area (Å²) in [5, 5.41) is 2.90. The number of rotatable bonds is 7. The van der Waals surface area contributed by atoms with E-state index in [0.29, 0.717) is 18.0 Å². The predicted molar refractivity (Wildman–Crippen MR) is 80.6 cm³/mol. The molecule has 5 nitrogen and oxygen atoms in total. The fourth-order valence-corrected chi connectivity index (χ4v) is 2.23. The van der Waals surface area contributed by atoms with Crippen LogP contribution in [0.15, 0.2) is 18.3 Å². The van der Waals surface area contributed by atoms with Crippen molar-refractivity contribution in [1.82, 2.24) is 10.3 Å². The molecule has 2 rings (SSSR count). The Hall–Kier alpha value is -1.62. The van der Waals surface area contributed by atoms with E-state index < -0.39 is 0 Å². The molecule has 0 aliphatic carbocycles. The number of carbonyl (C=O) groups excluding carboxylic acids is 1. The number of pyridine rings is 1. The molecule has 1 saturated heterocycles. The number of hydrogen-bond donors (Lipinski definition) is 1. The maximum absolute atomic E-state index is 11.9. The van der Waals surface area contributed by atoms with Crippen molar-refractivity contribution in [2.24, 2.45) is 0 Å². The SMILES string of the molecule is CCCCCNC(=O)c1ccc(OC2CCOCC2)nc1. The highest BCUT2D eigenvalue weighted by Crippen LogP contribution is 2.15. The maximum atomic E-state index is 11.9. The molecule has 0 aromatic carbocycles. The summed E-state index contributed by atoms with van der Waals surface area (Å²) in [7, 11) is 0. The molecule has 5 heteroatoms. The number of carbonyl (C=O) groups is 1. The van der Waals surface area contributed by atoms with Crippen molar-refractivity contribution in [2.45, 2.75) is 45.1 Å². The second-order valence-electron chi connectivity index (χ2n) is 5.28. The zero-order valence-electron chi connectivity index (χ0n) is 12.6. The van der Waals surface area contributed by atoms with Gasteiger partial charge in [-0.05, 0) is 12.5 Å². The van der Waals surface area contributed by atoms with Crippen molar-refractivity contribution in [3.63, 3.8) is 0 Å². The van der Waals surface area contributed by atoms with Crippen LogP contribution >= 0.6 is 0 Å². The molecule has 0 bridgehead atoms. The van der Waals surface area contributed by atoms with E-state index in [0.717, 1.165) is 45.3 Å². The molecule has 0 radical (unpaired) electrons. The van der Waals surface area contributed by atoms with Gasteiger partial charge in [-0.15, -0.1) is 0 Å². The van der Waals surface area contributed by atoms with E-state index in [2.05, 4.69) is 17.2 Å². The molecule has 0 unspecified atom stereocenters. The van der Waals surface area contributed by atoms with Gasteiger partial charge in [0.1, 0.15) is 6.10 Å². The molecule has 0 saturated carbocycles. The van der Waals surface area contributed by atoms with Crippen LogP contribution in [0, 0.1) is 0 Å². The van der Waals surface area contributed by atoms with E-state index in [1.165, 1.54) is 0 Å². The van der Waals surface area contributed by atoms with Gasteiger partial charge < -0.3 is 14.8 Å². The molecule has 2 heterocycles. The fourth-order valence-electron chi connectivity index (χ4n) is 2.23. The monoisotopic (exact) mass is 292 g/mol. The van der Waals surface area contributed by atoms with Gasteiger partial charge in [0.05, 0.1) is 18.8 Å². The highest BCUT2D eigenvalue weighted by molar-refractivity contribution is 5.93. The van der Waals surface area contributed by atoms with Crippen molar-refractivity contribution in [2.75, 3.05) is 19.8 Å². The molecule has 21 heavy (non-hydrogen) atoms. The van der Waals surface area contributed by atoms with Crippen molar-refractivity contribution in [3.8, 4) is 5.88 Å². The molecule has 1 aromatic heterocycles. The summed E-state index contributed by atoms with van der Waals surface area (Å²) in [6, 6.07) is 3.52. The molecule has 1 fully saturated rings. The van der Waals surface area contributed by atoms with Gasteiger partial charge in [0, 0.05) is 31.6 Å². The third-order valence-electron chi connectivity index (χ3n) is 3.52. The van der Waals surface area contributed by atoms with Gasteiger partial charge in [-0.2, -0.15) is 0 Å². The van der Waals surface area contributed by atoms with Crippen LogP contribution in [0.2, 0.25) is 0 Å². The zero-order valence-corrected chi connectivity index (χ0v) is 12.6. The van der Waals surface area contributed by atoms with Crippen LogP contribution in [-0.4, -0.2) is 36.8 Å². The Labute approximate surface area is 126 Å². The molecule has 1 aliphatic rings. The molecule has 1 amide bonds. The van der Waals surface area contributed by atoms with Crippen LogP contribution in [0.1, 0.15) is 49.4 Å². The van der Waals surface area contributed by atoms with Gasteiger partial charge in [0.15, 0.2) is 0 Å². The highest BCUT2D eigenvalue weighted by Gasteiger charge is 2.16. The molecular formula is C16H24N2O3. The van der Waals surface area contributed by atoms with E-state index in [9.17, 15) is 4.79 Å². The molecule has 1 N–H and O–H groups in total. The molecule has 116 valence electrons. The first-order valence-corrected chi connectivity index (χ1v) is 7.78. The van der Waals surface area contributed by atoms with E-state index >= 15 is 0 Å². The Morgan fingerprint density at radius 3 is 2.86 bits per heavy atom. The normalized spacial score (nSPS) is 15.7. The second kappa shape index (κ2) is 8.62. The standard InChI is InChI=1S/C16H24N2O3/c1-2-3-4-9-17-16(19)13-5-6-15(18-12-13)21-14-7-10-20-11-8-14/h5-6,12,14H,2-4,7-11H2,1H3,(H,17,19). The van der Waals surface area contributed by atoms with E-state index in [-0.39, 0.29) is 12.0 Å². The van der Waals surface area contributed by atoms with E-state index in [1.807, 2.05) is 0 Å². The largest absolute Gasteiger partial charge is 0.474 e. The number of nitrogens with zero attached hydrogens (tertiary/aromatic N) is 1. The van der Waals surface area contributed by atoms with Crippen molar-refractivity contribution < 1.29 is 14.3 Å². The Morgan fingerprint density at radius 1 is 1.38 bits per heavy atom. The summed E-state index contributed by atoms with van der Waals surface area (Å²) in [5.41, 5.74) is 0.575. The predicted octanol–water partition coefficient (Wildman–Crippen LogP) is 2.56. The Kier molecular flexibility index (Phi) is 6.47. The second-order valence-corrected chi connectivity index (χ2v) is 5.28. The van der Waals surface area contributed by atoms with Crippen molar-refractivity contribution in [3.05, 3.63) is 23.9 Å². The third-order valence-corrected chi connectivity index (χ3v) is 3.52. The molecule has 0 spiro atoms. The Morgan fingerprint density at radius 2 is 2.19 bits per heavy atom. The van der Waals surface area contributed by atoms with Gasteiger partial charge in [0.2, 0.25) is 5.88 Å².